The number of ether oxygens (including phenoxy) is 3. The van der Waals surface area contributed by atoms with Crippen molar-refractivity contribution < 1.29 is 28.6 Å². The van der Waals surface area contributed by atoms with Crippen molar-refractivity contribution in [2.75, 3.05) is 13.2 Å². The van der Waals surface area contributed by atoms with Crippen molar-refractivity contribution >= 4 is 17.9 Å². The maximum absolute atomic E-state index is 12.8. The van der Waals surface area contributed by atoms with E-state index in [1.165, 1.54) is 116 Å². The van der Waals surface area contributed by atoms with E-state index in [0.29, 0.717) is 19.3 Å². The van der Waals surface area contributed by atoms with Crippen LogP contribution in [0.25, 0.3) is 0 Å². The second kappa shape index (κ2) is 54.9. The molecule has 0 fully saturated rings. The molecule has 1 unspecified atom stereocenters. The Morgan fingerprint density at radius 2 is 0.612 bits per heavy atom. The Kier molecular flexibility index (Phi) is 51.9. The van der Waals surface area contributed by atoms with Crippen LogP contribution in [-0.2, 0) is 28.6 Å². The lowest BCUT2D eigenvalue weighted by Crippen LogP contribution is -2.30. The average molecular weight is 931 g/mol. The first-order valence-corrected chi connectivity index (χ1v) is 27.8. The fourth-order valence-electron chi connectivity index (χ4n) is 7.59. The van der Waals surface area contributed by atoms with Gasteiger partial charge in [-0.1, -0.05) is 272 Å². The van der Waals surface area contributed by atoms with Gasteiger partial charge in [0.15, 0.2) is 6.10 Å². The molecule has 0 amide bonds. The number of hydrogen-bond acceptors (Lipinski definition) is 6. The number of carbonyl (C=O) groups is 3. The fourth-order valence-corrected chi connectivity index (χ4v) is 7.59. The Morgan fingerprint density at radius 1 is 0.313 bits per heavy atom. The Balaban J connectivity index is 4.45. The molecule has 0 aliphatic heterocycles. The Labute approximate surface area is 413 Å². The van der Waals surface area contributed by atoms with Crippen molar-refractivity contribution in [1.82, 2.24) is 0 Å². The predicted molar refractivity (Wildman–Crippen MR) is 288 cm³/mol. The molecule has 0 aliphatic rings. The van der Waals surface area contributed by atoms with Crippen molar-refractivity contribution in [3.8, 4) is 0 Å². The first kappa shape index (κ1) is 63.3. The lowest BCUT2D eigenvalue weighted by molar-refractivity contribution is -0.167. The van der Waals surface area contributed by atoms with Crippen molar-refractivity contribution in [3.63, 3.8) is 0 Å². The van der Waals surface area contributed by atoms with Crippen LogP contribution in [-0.4, -0.2) is 37.2 Å². The summed E-state index contributed by atoms with van der Waals surface area (Å²) in [6, 6.07) is 0. The van der Waals surface area contributed by atoms with E-state index < -0.39 is 6.10 Å². The summed E-state index contributed by atoms with van der Waals surface area (Å²) in [4.78, 5) is 38.1. The highest BCUT2D eigenvalue weighted by Gasteiger charge is 2.19. The van der Waals surface area contributed by atoms with Gasteiger partial charge < -0.3 is 14.2 Å². The molecule has 1 atom stereocenters. The number of allylic oxidation sites excluding steroid dienone is 16. The molecular weight excluding hydrogens is 829 g/mol. The Morgan fingerprint density at radius 3 is 0.970 bits per heavy atom. The predicted octanol–water partition coefficient (Wildman–Crippen LogP) is 18.5. The molecule has 0 bridgehead atoms. The van der Waals surface area contributed by atoms with Crippen molar-refractivity contribution in [2.24, 2.45) is 0 Å². The smallest absolute Gasteiger partial charge is 0.306 e. The molecule has 382 valence electrons. The zero-order valence-electron chi connectivity index (χ0n) is 43.6. The fraction of sp³-hybridized carbons (Fsp3) is 0.689. The average Bonchev–Trinajstić information content (AvgIpc) is 3.33. The van der Waals surface area contributed by atoms with E-state index >= 15 is 0 Å². The zero-order chi connectivity index (χ0) is 48.6. The minimum atomic E-state index is -0.793. The van der Waals surface area contributed by atoms with Crippen LogP contribution in [0.5, 0.6) is 0 Å². The molecule has 0 aliphatic carbocycles. The molecule has 0 saturated heterocycles. The van der Waals surface area contributed by atoms with Crippen LogP contribution in [0.3, 0.4) is 0 Å². The second-order valence-electron chi connectivity index (χ2n) is 18.3. The van der Waals surface area contributed by atoms with E-state index in [4.69, 9.17) is 14.2 Å². The molecule has 0 aromatic carbocycles. The van der Waals surface area contributed by atoms with Crippen LogP contribution in [0.2, 0.25) is 0 Å². The number of hydrogen-bond donors (Lipinski definition) is 0. The molecule has 0 radical (unpaired) electrons. The van der Waals surface area contributed by atoms with Gasteiger partial charge in [0.05, 0.1) is 0 Å². The largest absolute Gasteiger partial charge is 0.462 e. The van der Waals surface area contributed by atoms with Crippen molar-refractivity contribution in [3.05, 3.63) is 97.2 Å². The van der Waals surface area contributed by atoms with Crippen LogP contribution in [0.15, 0.2) is 97.2 Å². The van der Waals surface area contributed by atoms with Gasteiger partial charge in [0.1, 0.15) is 13.2 Å². The van der Waals surface area contributed by atoms with Crippen molar-refractivity contribution in [2.45, 2.75) is 258 Å². The molecule has 67 heavy (non-hydrogen) atoms. The third kappa shape index (κ3) is 53.2. The highest BCUT2D eigenvalue weighted by Crippen LogP contribution is 2.16. The summed E-state index contributed by atoms with van der Waals surface area (Å²) in [7, 11) is 0. The highest BCUT2D eigenvalue weighted by molar-refractivity contribution is 5.71. The van der Waals surface area contributed by atoms with Crippen molar-refractivity contribution in [1.29, 1.82) is 0 Å². The van der Waals surface area contributed by atoms with Gasteiger partial charge in [-0.2, -0.15) is 0 Å². The maximum Gasteiger partial charge on any atom is 0.306 e. The summed E-state index contributed by atoms with van der Waals surface area (Å²) in [6.07, 6.45) is 72.4. The van der Waals surface area contributed by atoms with Crippen LogP contribution >= 0.6 is 0 Å². The lowest BCUT2D eigenvalue weighted by atomic mass is 10.0. The van der Waals surface area contributed by atoms with Crippen LogP contribution in [0.1, 0.15) is 252 Å². The molecule has 6 nitrogen and oxygen atoms in total. The van der Waals surface area contributed by atoms with E-state index in [1.807, 2.05) is 24.3 Å². The number of carbonyl (C=O) groups excluding carboxylic acids is 3. The molecule has 0 aromatic heterocycles. The summed E-state index contributed by atoms with van der Waals surface area (Å²) >= 11 is 0. The number of unbranched alkanes of at least 4 members (excludes halogenated alkanes) is 28. The summed E-state index contributed by atoms with van der Waals surface area (Å²) in [5.41, 5.74) is 0. The Bertz CT molecular complexity index is 1350. The van der Waals surface area contributed by atoms with Gasteiger partial charge in [0.2, 0.25) is 0 Å². The minimum Gasteiger partial charge on any atom is -0.462 e. The third-order valence-electron chi connectivity index (χ3n) is 11.7. The van der Waals surface area contributed by atoms with Gasteiger partial charge in [0.25, 0.3) is 0 Å². The van der Waals surface area contributed by atoms with Crippen LogP contribution in [0.4, 0.5) is 0 Å². The third-order valence-corrected chi connectivity index (χ3v) is 11.7. The highest BCUT2D eigenvalue weighted by atomic mass is 16.6. The molecule has 6 heteroatoms. The molecule has 0 N–H and O–H groups in total. The Hall–Kier alpha value is -3.67. The van der Waals surface area contributed by atoms with E-state index in [1.54, 1.807) is 0 Å². The first-order chi connectivity index (χ1) is 33.0. The van der Waals surface area contributed by atoms with Gasteiger partial charge in [0, 0.05) is 19.3 Å². The van der Waals surface area contributed by atoms with Gasteiger partial charge >= 0.3 is 17.9 Å². The molecule has 0 spiro atoms. The molecule has 0 heterocycles. The topological polar surface area (TPSA) is 78.9 Å². The monoisotopic (exact) mass is 931 g/mol. The SMILES string of the molecule is CC\C=C/C=C\C=C/CCCCCCCCCC(=O)OCC(COC(=O)CCCCCCC\C=C/C=C\C=C/C=C\C=C/CCC)OC(=O)CCCCCCCCCCCCCCCCCC. The number of esters is 3. The van der Waals surface area contributed by atoms with Crippen LogP contribution < -0.4 is 0 Å². The van der Waals surface area contributed by atoms with Gasteiger partial charge in [-0.15, -0.1) is 0 Å². The zero-order valence-corrected chi connectivity index (χ0v) is 43.6. The molecule has 0 aromatic rings. The minimum absolute atomic E-state index is 0.0915. The normalized spacial score (nSPS) is 12.8. The summed E-state index contributed by atoms with van der Waals surface area (Å²) in [6.45, 7) is 6.40. The summed E-state index contributed by atoms with van der Waals surface area (Å²) < 4.78 is 16.8. The molecule has 0 rings (SSSR count). The van der Waals surface area contributed by atoms with Crippen LogP contribution in [0, 0.1) is 0 Å². The maximum atomic E-state index is 12.8. The quantitative estimate of drug-likeness (QED) is 0.0262. The molecule has 0 saturated carbocycles. The van der Waals surface area contributed by atoms with E-state index in [2.05, 4.69) is 93.7 Å². The standard InChI is InChI=1S/C61H102O6/c1-4-7-10-13-16-19-22-25-28-30-31-34-36-39-42-45-48-51-54-60(63)66-57-58(56-65-59(62)53-50-47-44-41-38-35-32-27-24-21-18-15-12-9-6-3)67-61(64)55-52-49-46-43-40-37-33-29-26-23-20-17-14-11-8-5-2/h9-10,12-13,15-16,18-19,21-22,24-25,28,30-31,34,58H,4-8,11,14,17,20,23,26-27,29,32-33,35-57H2,1-3H3/b12-9-,13-10-,18-15-,19-16-,24-21-,25-22-,30-28-,34-31-. The summed E-state index contributed by atoms with van der Waals surface area (Å²) in [5, 5.41) is 0. The lowest BCUT2D eigenvalue weighted by Gasteiger charge is -2.18. The van der Waals surface area contributed by atoms with Gasteiger partial charge in [-0.05, 0) is 57.8 Å². The van der Waals surface area contributed by atoms with Gasteiger partial charge in [-0.3, -0.25) is 14.4 Å². The second-order valence-corrected chi connectivity index (χ2v) is 18.3. The number of rotatable bonds is 49. The van der Waals surface area contributed by atoms with E-state index in [9.17, 15) is 14.4 Å². The molecular formula is C61H102O6. The summed E-state index contributed by atoms with van der Waals surface area (Å²) in [5.74, 6) is -0.923. The van der Waals surface area contributed by atoms with E-state index in [-0.39, 0.29) is 31.1 Å². The van der Waals surface area contributed by atoms with Gasteiger partial charge in [-0.25, -0.2) is 0 Å². The van der Waals surface area contributed by atoms with E-state index in [0.717, 1.165) is 96.3 Å². The first-order valence-electron chi connectivity index (χ1n) is 27.8.